The third kappa shape index (κ3) is 3.67. The predicted molar refractivity (Wildman–Crippen MR) is 73.9 cm³/mol. The Bertz CT molecular complexity index is 497. The molecule has 0 bridgehead atoms. The fourth-order valence-corrected chi connectivity index (χ4v) is 2.24. The SMILES string of the molecule is CCCC(NCC)c1ccn(Cc2nnc(C)o2)c1. The average Bonchev–Trinajstić information content (AvgIpc) is 2.99. The highest BCUT2D eigenvalue weighted by molar-refractivity contribution is 5.16. The van der Waals surface area contributed by atoms with E-state index in [0.717, 1.165) is 13.0 Å². The van der Waals surface area contributed by atoms with E-state index in [1.54, 1.807) is 6.92 Å². The van der Waals surface area contributed by atoms with E-state index >= 15 is 0 Å². The van der Waals surface area contributed by atoms with E-state index in [1.165, 1.54) is 12.0 Å². The largest absolute Gasteiger partial charge is 0.424 e. The lowest BCUT2D eigenvalue weighted by Crippen LogP contribution is -2.20. The maximum Gasteiger partial charge on any atom is 0.236 e. The molecule has 2 rings (SSSR count). The minimum Gasteiger partial charge on any atom is -0.424 e. The van der Waals surface area contributed by atoms with Gasteiger partial charge in [-0.2, -0.15) is 0 Å². The third-order valence-electron chi connectivity index (χ3n) is 3.09. The van der Waals surface area contributed by atoms with Crippen molar-refractivity contribution in [2.45, 2.75) is 46.2 Å². The third-order valence-corrected chi connectivity index (χ3v) is 3.09. The summed E-state index contributed by atoms with van der Waals surface area (Å²) in [5.74, 6) is 1.26. The zero-order chi connectivity index (χ0) is 13.7. The molecule has 0 fully saturated rings. The van der Waals surface area contributed by atoms with Crippen LogP contribution < -0.4 is 5.32 Å². The highest BCUT2D eigenvalue weighted by Crippen LogP contribution is 2.19. The topological polar surface area (TPSA) is 55.9 Å². The summed E-state index contributed by atoms with van der Waals surface area (Å²) in [6.07, 6.45) is 6.54. The maximum absolute atomic E-state index is 5.39. The van der Waals surface area contributed by atoms with Gasteiger partial charge in [-0.25, -0.2) is 0 Å². The van der Waals surface area contributed by atoms with Gasteiger partial charge in [0.05, 0.1) is 0 Å². The molecule has 0 spiro atoms. The van der Waals surface area contributed by atoms with Gasteiger partial charge in [0.25, 0.3) is 0 Å². The first-order valence-corrected chi connectivity index (χ1v) is 6.91. The van der Waals surface area contributed by atoms with Crippen molar-refractivity contribution < 1.29 is 4.42 Å². The smallest absolute Gasteiger partial charge is 0.236 e. The highest BCUT2D eigenvalue weighted by atomic mass is 16.4. The Labute approximate surface area is 114 Å². The number of aromatic nitrogens is 3. The lowest BCUT2D eigenvalue weighted by atomic mass is 10.1. The van der Waals surface area contributed by atoms with Gasteiger partial charge in [-0.15, -0.1) is 10.2 Å². The van der Waals surface area contributed by atoms with Crippen LogP contribution in [0.5, 0.6) is 0 Å². The lowest BCUT2D eigenvalue weighted by molar-refractivity contribution is 0.454. The summed E-state index contributed by atoms with van der Waals surface area (Å²) in [4.78, 5) is 0. The second-order valence-electron chi connectivity index (χ2n) is 4.73. The van der Waals surface area contributed by atoms with Gasteiger partial charge in [-0.1, -0.05) is 20.3 Å². The first-order valence-electron chi connectivity index (χ1n) is 6.91. The number of hydrogen-bond acceptors (Lipinski definition) is 4. The molecule has 1 atom stereocenters. The molecule has 0 saturated carbocycles. The van der Waals surface area contributed by atoms with Crippen LogP contribution in [0.25, 0.3) is 0 Å². The fraction of sp³-hybridized carbons (Fsp3) is 0.571. The van der Waals surface area contributed by atoms with E-state index in [2.05, 4.69) is 52.4 Å². The molecular weight excluding hydrogens is 240 g/mol. The zero-order valence-electron chi connectivity index (χ0n) is 11.9. The molecule has 0 aliphatic heterocycles. The normalized spacial score (nSPS) is 12.8. The first-order chi connectivity index (χ1) is 9.22. The molecule has 1 unspecified atom stereocenters. The summed E-state index contributed by atoms with van der Waals surface area (Å²) in [5.41, 5.74) is 1.32. The molecule has 5 heteroatoms. The molecule has 2 aromatic heterocycles. The van der Waals surface area contributed by atoms with Gasteiger partial charge in [0.15, 0.2) is 0 Å². The molecule has 2 heterocycles. The Morgan fingerprint density at radius 2 is 2.21 bits per heavy atom. The average molecular weight is 262 g/mol. The quantitative estimate of drug-likeness (QED) is 0.833. The lowest BCUT2D eigenvalue weighted by Gasteiger charge is -2.15. The van der Waals surface area contributed by atoms with Crippen LogP contribution in [0.4, 0.5) is 0 Å². The van der Waals surface area contributed by atoms with Crippen LogP contribution in [-0.4, -0.2) is 21.3 Å². The van der Waals surface area contributed by atoms with Gasteiger partial charge in [-0.05, 0) is 24.6 Å². The van der Waals surface area contributed by atoms with Gasteiger partial charge in [-0.3, -0.25) is 0 Å². The van der Waals surface area contributed by atoms with Crippen molar-refractivity contribution in [1.82, 2.24) is 20.1 Å². The Balaban J connectivity index is 2.04. The summed E-state index contributed by atoms with van der Waals surface area (Å²) >= 11 is 0. The molecule has 0 aromatic carbocycles. The van der Waals surface area contributed by atoms with E-state index < -0.39 is 0 Å². The number of aryl methyl sites for hydroxylation is 1. The van der Waals surface area contributed by atoms with Crippen molar-refractivity contribution in [3.8, 4) is 0 Å². The van der Waals surface area contributed by atoms with Crippen molar-refractivity contribution in [3.05, 3.63) is 35.8 Å². The van der Waals surface area contributed by atoms with Crippen LogP contribution in [0.3, 0.4) is 0 Å². The van der Waals surface area contributed by atoms with E-state index in [4.69, 9.17) is 4.42 Å². The van der Waals surface area contributed by atoms with E-state index in [0.29, 0.717) is 24.4 Å². The van der Waals surface area contributed by atoms with Crippen molar-refractivity contribution in [2.75, 3.05) is 6.54 Å². The molecule has 0 radical (unpaired) electrons. The minimum atomic E-state index is 0.431. The Morgan fingerprint density at radius 3 is 2.84 bits per heavy atom. The number of nitrogens with one attached hydrogen (secondary N) is 1. The first kappa shape index (κ1) is 13.8. The molecule has 2 aromatic rings. The highest BCUT2D eigenvalue weighted by Gasteiger charge is 2.11. The van der Waals surface area contributed by atoms with E-state index in [9.17, 15) is 0 Å². The molecule has 1 N–H and O–H groups in total. The molecule has 19 heavy (non-hydrogen) atoms. The Hall–Kier alpha value is -1.62. The van der Waals surface area contributed by atoms with Crippen LogP contribution in [0.15, 0.2) is 22.9 Å². The summed E-state index contributed by atoms with van der Waals surface area (Å²) in [5, 5.41) is 11.4. The molecule has 0 aliphatic carbocycles. The van der Waals surface area contributed by atoms with Gasteiger partial charge in [0.1, 0.15) is 6.54 Å². The van der Waals surface area contributed by atoms with Crippen molar-refractivity contribution in [1.29, 1.82) is 0 Å². The van der Waals surface area contributed by atoms with Gasteiger partial charge >= 0.3 is 0 Å². The summed E-state index contributed by atoms with van der Waals surface area (Å²) < 4.78 is 7.48. The molecule has 0 saturated heterocycles. The minimum absolute atomic E-state index is 0.431. The predicted octanol–water partition coefficient (Wildman–Crippen LogP) is 2.68. The second kappa shape index (κ2) is 6.52. The zero-order valence-corrected chi connectivity index (χ0v) is 11.9. The van der Waals surface area contributed by atoms with Gasteiger partial charge < -0.3 is 14.3 Å². The monoisotopic (exact) mass is 262 g/mol. The van der Waals surface area contributed by atoms with Crippen molar-refractivity contribution >= 4 is 0 Å². The number of nitrogens with zero attached hydrogens (tertiary/aromatic N) is 3. The van der Waals surface area contributed by atoms with Gasteiger partial charge in [0.2, 0.25) is 11.8 Å². The number of hydrogen-bond donors (Lipinski definition) is 1. The summed E-state index contributed by atoms with van der Waals surface area (Å²) in [6.45, 7) is 7.77. The van der Waals surface area contributed by atoms with Crippen molar-refractivity contribution in [2.24, 2.45) is 0 Å². The molecule has 104 valence electrons. The molecule has 5 nitrogen and oxygen atoms in total. The molecule has 0 amide bonds. The van der Waals surface area contributed by atoms with E-state index in [1.807, 2.05) is 0 Å². The van der Waals surface area contributed by atoms with E-state index in [-0.39, 0.29) is 0 Å². The van der Waals surface area contributed by atoms with Crippen LogP contribution in [0.2, 0.25) is 0 Å². The Morgan fingerprint density at radius 1 is 1.37 bits per heavy atom. The molecule has 0 aliphatic rings. The van der Waals surface area contributed by atoms with Gasteiger partial charge in [0, 0.05) is 25.4 Å². The van der Waals surface area contributed by atoms with Crippen molar-refractivity contribution in [3.63, 3.8) is 0 Å². The maximum atomic E-state index is 5.39. The fourth-order valence-electron chi connectivity index (χ4n) is 2.24. The van der Waals surface area contributed by atoms with Crippen LogP contribution in [-0.2, 0) is 6.54 Å². The summed E-state index contributed by atoms with van der Waals surface area (Å²) in [7, 11) is 0. The Kier molecular flexibility index (Phi) is 4.74. The van der Waals surface area contributed by atoms with Crippen LogP contribution in [0.1, 0.15) is 50.1 Å². The molecular formula is C14H22N4O. The standard InChI is InChI=1S/C14H22N4O/c1-4-6-13(15-5-2)12-7-8-18(9-12)10-14-17-16-11(3)19-14/h7-9,13,15H,4-6,10H2,1-3H3. The second-order valence-corrected chi connectivity index (χ2v) is 4.73. The van der Waals surface area contributed by atoms with Crippen LogP contribution >= 0.6 is 0 Å². The van der Waals surface area contributed by atoms with Crippen LogP contribution in [0, 0.1) is 6.92 Å². The summed E-state index contributed by atoms with van der Waals surface area (Å²) in [6, 6.07) is 2.59. The number of rotatable bonds is 7.